The first kappa shape index (κ1) is 16.4. The van der Waals surface area contributed by atoms with Crippen LogP contribution in [0.15, 0.2) is 24.5 Å². The summed E-state index contributed by atoms with van der Waals surface area (Å²) in [5.41, 5.74) is 0.911. The Morgan fingerprint density at radius 1 is 1.30 bits per heavy atom. The lowest BCUT2D eigenvalue weighted by Crippen LogP contribution is -2.57. The molecule has 5 nitrogen and oxygen atoms in total. The number of likely N-dealkylation sites (N-methyl/N-ethyl adjacent to an activating group) is 1. The van der Waals surface area contributed by atoms with Gasteiger partial charge in [-0.2, -0.15) is 0 Å². The third-order valence-electron chi connectivity index (χ3n) is 5.31. The Hall–Kier alpha value is -1.46. The number of piperidine rings is 1. The Bertz CT molecular complexity index is 533. The molecule has 1 atom stereocenters. The van der Waals surface area contributed by atoms with Crippen LogP contribution in [0.25, 0.3) is 0 Å². The summed E-state index contributed by atoms with van der Waals surface area (Å²) < 4.78 is 0. The van der Waals surface area contributed by atoms with Gasteiger partial charge in [-0.15, -0.1) is 0 Å². The Balaban J connectivity index is 1.70. The highest BCUT2D eigenvalue weighted by Gasteiger charge is 2.44. The van der Waals surface area contributed by atoms with Crippen LogP contribution in [0.2, 0.25) is 0 Å². The molecule has 2 saturated heterocycles. The minimum absolute atomic E-state index is 0.136. The summed E-state index contributed by atoms with van der Waals surface area (Å²) in [5.74, 6) is 0.136. The third kappa shape index (κ3) is 3.56. The molecule has 1 amide bonds. The molecule has 5 heteroatoms. The first-order valence-electron chi connectivity index (χ1n) is 8.70. The summed E-state index contributed by atoms with van der Waals surface area (Å²) >= 11 is 0. The molecule has 1 aromatic heterocycles. The van der Waals surface area contributed by atoms with Gasteiger partial charge in [0.2, 0.25) is 0 Å². The standard InChI is InChI=1S/C18H28N4O/c1-20(2)12-13-22-11-5-8-18(22)7-4-10-21(15-18)17(23)16-6-3-9-19-14-16/h3,6,9,14H,4-5,7-8,10-13,15H2,1-2H3/t18-/m1/s1. The normalized spacial score (nSPS) is 25.4. The van der Waals surface area contributed by atoms with E-state index < -0.39 is 0 Å². The largest absolute Gasteiger partial charge is 0.337 e. The lowest BCUT2D eigenvalue weighted by molar-refractivity contribution is 0.0306. The number of likely N-dealkylation sites (tertiary alicyclic amines) is 2. The smallest absolute Gasteiger partial charge is 0.255 e. The maximum Gasteiger partial charge on any atom is 0.255 e. The molecule has 23 heavy (non-hydrogen) atoms. The molecule has 0 bridgehead atoms. The summed E-state index contributed by atoms with van der Waals surface area (Å²) in [7, 11) is 4.25. The molecule has 0 radical (unpaired) electrons. The zero-order valence-electron chi connectivity index (χ0n) is 14.4. The molecule has 2 fully saturated rings. The van der Waals surface area contributed by atoms with E-state index in [1.165, 1.54) is 25.8 Å². The predicted molar refractivity (Wildman–Crippen MR) is 91.5 cm³/mol. The van der Waals surface area contributed by atoms with Crippen LogP contribution in [-0.4, -0.2) is 77.9 Å². The number of hydrogen-bond acceptors (Lipinski definition) is 4. The Kier molecular flexibility index (Phi) is 4.97. The molecule has 2 aliphatic heterocycles. The molecule has 0 aromatic carbocycles. The highest BCUT2D eigenvalue weighted by molar-refractivity contribution is 5.94. The van der Waals surface area contributed by atoms with Crippen LogP contribution in [0.5, 0.6) is 0 Å². The number of nitrogens with zero attached hydrogens (tertiary/aromatic N) is 4. The summed E-state index contributed by atoms with van der Waals surface area (Å²) in [4.78, 5) is 23.8. The zero-order chi connectivity index (χ0) is 16.3. The number of pyridine rings is 1. The van der Waals surface area contributed by atoms with Crippen molar-refractivity contribution in [1.82, 2.24) is 19.7 Å². The first-order valence-corrected chi connectivity index (χ1v) is 8.70. The van der Waals surface area contributed by atoms with Gasteiger partial charge in [-0.1, -0.05) is 0 Å². The molecule has 1 aromatic rings. The third-order valence-corrected chi connectivity index (χ3v) is 5.31. The second-order valence-electron chi connectivity index (χ2n) is 7.19. The summed E-state index contributed by atoms with van der Waals surface area (Å²) in [6.07, 6.45) is 8.19. The van der Waals surface area contributed by atoms with Gasteiger partial charge in [0.15, 0.2) is 0 Å². The highest BCUT2D eigenvalue weighted by Crippen LogP contribution is 2.37. The first-order chi connectivity index (χ1) is 11.1. The number of rotatable bonds is 4. The lowest BCUT2D eigenvalue weighted by Gasteiger charge is -2.46. The van der Waals surface area contributed by atoms with E-state index in [4.69, 9.17) is 0 Å². The fraction of sp³-hybridized carbons (Fsp3) is 0.667. The fourth-order valence-corrected chi connectivity index (χ4v) is 4.08. The molecular formula is C18H28N4O. The topological polar surface area (TPSA) is 39.7 Å². The number of carbonyl (C=O) groups excluding carboxylic acids is 1. The second-order valence-corrected chi connectivity index (χ2v) is 7.19. The lowest BCUT2D eigenvalue weighted by atomic mass is 9.86. The summed E-state index contributed by atoms with van der Waals surface area (Å²) in [6, 6.07) is 3.71. The van der Waals surface area contributed by atoms with Crippen LogP contribution in [0, 0.1) is 0 Å². The van der Waals surface area contributed by atoms with Gasteiger partial charge in [0.25, 0.3) is 5.91 Å². The van der Waals surface area contributed by atoms with Crippen molar-refractivity contribution in [2.24, 2.45) is 0 Å². The number of carbonyl (C=O) groups is 1. The van der Waals surface area contributed by atoms with E-state index in [9.17, 15) is 4.79 Å². The van der Waals surface area contributed by atoms with Gasteiger partial charge in [0, 0.05) is 44.1 Å². The van der Waals surface area contributed by atoms with Gasteiger partial charge in [0.1, 0.15) is 0 Å². The van der Waals surface area contributed by atoms with Gasteiger partial charge in [-0.05, 0) is 58.5 Å². The van der Waals surface area contributed by atoms with Crippen molar-refractivity contribution >= 4 is 5.91 Å². The quantitative estimate of drug-likeness (QED) is 0.848. The van der Waals surface area contributed by atoms with Gasteiger partial charge in [-0.25, -0.2) is 0 Å². The molecular weight excluding hydrogens is 288 g/mol. The minimum atomic E-state index is 0.136. The van der Waals surface area contributed by atoms with Crippen molar-refractivity contribution in [1.29, 1.82) is 0 Å². The van der Waals surface area contributed by atoms with Crippen LogP contribution in [0.4, 0.5) is 0 Å². The molecule has 0 N–H and O–H groups in total. The van der Waals surface area contributed by atoms with Gasteiger partial charge in [-0.3, -0.25) is 14.7 Å². The molecule has 1 spiro atoms. The van der Waals surface area contributed by atoms with E-state index in [1.54, 1.807) is 12.4 Å². The Morgan fingerprint density at radius 2 is 2.09 bits per heavy atom. The average molecular weight is 316 g/mol. The van der Waals surface area contributed by atoms with Crippen molar-refractivity contribution in [3.63, 3.8) is 0 Å². The maximum absolute atomic E-state index is 12.8. The van der Waals surface area contributed by atoms with E-state index >= 15 is 0 Å². The zero-order valence-corrected chi connectivity index (χ0v) is 14.4. The van der Waals surface area contributed by atoms with Crippen molar-refractivity contribution < 1.29 is 4.79 Å². The van der Waals surface area contributed by atoms with Gasteiger partial charge >= 0.3 is 0 Å². The average Bonchev–Trinajstić information content (AvgIpc) is 2.95. The van der Waals surface area contributed by atoms with Crippen LogP contribution >= 0.6 is 0 Å². The fourth-order valence-electron chi connectivity index (χ4n) is 4.08. The van der Waals surface area contributed by atoms with Crippen LogP contribution < -0.4 is 0 Å². The Labute approximate surface area is 139 Å². The van der Waals surface area contributed by atoms with Crippen molar-refractivity contribution in [2.45, 2.75) is 31.2 Å². The monoisotopic (exact) mass is 316 g/mol. The van der Waals surface area contributed by atoms with E-state index in [1.807, 2.05) is 12.1 Å². The summed E-state index contributed by atoms with van der Waals surface area (Å²) in [5, 5.41) is 0. The van der Waals surface area contributed by atoms with E-state index in [2.05, 4.69) is 33.8 Å². The Morgan fingerprint density at radius 3 is 2.78 bits per heavy atom. The summed E-state index contributed by atoms with van der Waals surface area (Å²) in [6.45, 7) is 5.09. The minimum Gasteiger partial charge on any atom is -0.337 e. The van der Waals surface area contributed by atoms with Gasteiger partial charge in [0.05, 0.1) is 5.56 Å². The highest BCUT2D eigenvalue weighted by atomic mass is 16.2. The SMILES string of the molecule is CN(C)CCN1CCC[C@@]12CCCN(C(=O)c1cccnc1)C2. The molecule has 2 aliphatic rings. The molecule has 0 saturated carbocycles. The van der Waals surface area contributed by atoms with E-state index in [0.717, 1.165) is 32.6 Å². The number of aromatic nitrogens is 1. The number of hydrogen-bond donors (Lipinski definition) is 0. The van der Waals surface area contributed by atoms with Crippen LogP contribution in [0.3, 0.4) is 0 Å². The van der Waals surface area contributed by atoms with Crippen molar-refractivity contribution in [2.75, 3.05) is 46.8 Å². The van der Waals surface area contributed by atoms with Crippen LogP contribution in [-0.2, 0) is 0 Å². The molecule has 3 rings (SSSR count). The molecule has 3 heterocycles. The number of amides is 1. The van der Waals surface area contributed by atoms with E-state index in [0.29, 0.717) is 5.56 Å². The van der Waals surface area contributed by atoms with Crippen LogP contribution in [0.1, 0.15) is 36.0 Å². The van der Waals surface area contributed by atoms with Gasteiger partial charge < -0.3 is 9.80 Å². The van der Waals surface area contributed by atoms with Crippen molar-refractivity contribution in [3.05, 3.63) is 30.1 Å². The van der Waals surface area contributed by atoms with Crippen molar-refractivity contribution in [3.8, 4) is 0 Å². The second kappa shape index (κ2) is 6.97. The predicted octanol–water partition coefficient (Wildman–Crippen LogP) is 1.71. The van der Waals surface area contributed by atoms with E-state index in [-0.39, 0.29) is 11.4 Å². The molecule has 0 unspecified atom stereocenters. The maximum atomic E-state index is 12.8. The molecule has 126 valence electrons. The molecule has 0 aliphatic carbocycles.